The van der Waals surface area contributed by atoms with Crippen LogP contribution in [0.1, 0.15) is 28.8 Å². The minimum Gasteiger partial charge on any atom is -0.497 e. The monoisotopic (exact) mass is 398 g/mol. The first-order valence-electron chi connectivity index (χ1n) is 8.88. The molecule has 0 radical (unpaired) electrons. The molecule has 152 valence electrons. The zero-order valence-corrected chi connectivity index (χ0v) is 16.2. The van der Waals surface area contributed by atoms with Crippen molar-refractivity contribution in [3.63, 3.8) is 0 Å². The molecule has 0 spiro atoms. The summed E-state index contributed by atoms with van der Waals surface area (Å²) in [7, 11) is 1.52. The third kappa shape index (κ3) is 7.45. The maximum absolute atomic E-state index is 12.0. The summed E-state index contributed by atoms with van der Waals surface area (Å²) in [5.74, 6) is -1.05. The standard InChI is InChI=1S/C21H22N2O6/c1-14-3-5-15(6-4-14)18(24)11-12-20(26)29-13-19(25)23-21(27)22-16-7-9-17(28-2)10-8-16/h3-10H,11-13H2,1-2H3,(H2,22,23,25,27). The number of ether oxygens (including phenoxy) is 2. The smallest absolute Gasteiger partial charge is 0.325 e. The number of amides is 3. The average molecular weight is 398 g/mol. The first-order chi connectivity index (χ1) is 13.9. The van der Waals surface area contributed by atoms with Crippen molar-refractivity contribution in [1.82, 2.24) is 5.32 Å². The van der Waals surface area contributed by atoms with E-state index in [0.717, 1.165) is 5.56 Å². The second-order valence-electron chi connectivity index (χ2n) is 6.18. The largest absolute Gasteiger partial charge is 0.497 e. The topological polar surface area (TPSA) is 111 Å². The number of ketones is 1. The van der Waals surface area contributed by atoms with Crippen molar-refractivity contribution >= 4 is 29.4 Å². The van der Waals surface area contributed by atoms with Gasteiger partial charge in [-0.05, 0) is 31.2 Å². The van der Waals surface area contributed by atoms with Gasteiger partial charge in [0.2, 0.25) is 0 Å². The van der Waals surface area contributed by atoms with Crippen LogP contribution in [0.3, 0.4) is 0 Å². The molecule has 0 saturated carbocycles. The van der Waals surface area contributed by atoms with Gasteiger partial charge in [-0.1, -0.05) is 29.8 Å². The molecule has 0 heterocycles. The molecule has 0 unspecified atom stereocenters. The van der Waals surface area contributed by atoms with E-state index in [-0.39, 0.29) is 18.6 Å². The van der Waals surface area contributed by atoms with Gasteiger partial charge in [0.25, 0.3) is 5.91 Å². The minimum atomic E-state index is -0.783. The van der Waals surface area contributed by atoms with E-state index in [1.807, 2.05) is 24.4 Å². The van der Waals surface area contributed by atoms with Crippen molar-refractivity contribution in [2.24, 2.45) is 0 Å². The molecule has 0 aliphatic carbocycles. The third-order valence-corrected chi connectivity index (χ3v) is 3.89. The highest BCUT2D eigenvalue weighted by Gasteiger charge is 2.13. The predicted octanol–water partition coefficient (Wildman–Crippen LogP) is 2.86. The Hall–Kier alpha value is -3.68. The van der Waals surface area contributed by atoms with Crippen molar-refractivity contribution in [2.75, 3.05) is 19.0 Å². The maximum Gasteiger partial charge on any atom is 0.325 e. The molecule has 2 aromatic carbocycles. The quantitative estimate of drug-likeness (QED) is 0.523. The number of benzene rings is 2. The highest BCUT2D eigenvalue weighted by Crippen LogP contribution is 2.14. The van der Waals surface area contributed by atoms with Crippen LogP contribution >= 0.6 is 0 Å². The number of hydrogen-bond donors (Lipinski definition) is 2. The lowest BCUT2D eigenvalue weighted by atomic mass is 10.1. The van der Waals surface area contributed by atoms with Gasteiger partial charge in [0.15, 0.2) is 12.4 Å². The molecule has 0 aromatic heterocycles. The summed E-state index contributed by atoms with van der Waals surface area (Å²) in [6.07, 6.45) is -0.181. The molecule has 0 bridgehead atoms. The summed E-state index contributed by atoms with van der Waals surface area (Å²) in [6.45, 7) is 1.29. The molecule has 3 amide bonds. The second kappa shape index (κ2) is 10.6. The summed E-state index contributed by atoms with van der Waals surface area (Å²) >= 11 is 0. The van der Waals surface area contributed by atoms with E-state index >= 15 is 0 Å². The Morgan fingerprint density at radius 1 is 0.897 bits per heavy atom. The lowest BCUT2D eigenvalue weighted by Crippen LogP contribution is -2.37. The van der Waals surface area contributed by atoms with Crippen LogP contribution in [0.5, 0.6) is 5.75 Å². The number of anilines is 1. The summed E-state index contributed by atoms with van der Waals surface area (Å²) in [4.78, 5) is 47.2. The molecule has 2 rings (SSSR count). The number of esters is 1. The number of methoxy groups -OCH3 is 1. The van der Waals surface area contributed by atoms with Gasteiger partial charge in [-0.2, -0.15) is 0 Å². The minimum absolute atomic E-state index is 0.0263. The first kappa shape index (κ1) is 21.6. The predicted molar refractivity (Wildman–Crippen MR) is 106 cm³/mol. The van der Waals surface area contributed by atoms with Crippen molar-refractivity contribution in [2.45, 2.75) is 19.8 Å². The van der Waals surface area contributed by atoms with Crippen molar-refractivity contribution in [1.29, 1.82) is 0 Å². The summed E-state index contributed by atoms with van der Waals surface area (Å²) in [5.41, 5.74) is 2.00. The molecule has 2 aromatic rings. The average Bonchev–Trinajstić information content (AvgIpc) is 2.71. The van der Waals surface area contributed by atoms with Gasteiger partial charge in [-0.3, -0.25) is 19.7 Å². The number of Topliss-reactive ketones (excluding diaryl/α,β-unsaturated/α-hetero) is 1. The number of rotatable bonds is 8. The Morgan fingerprint density at radius 2 is 1.55 bits per heavy atom. The molecule has 0 saturated heterocycles. The van der Waals surface area contributed by atoms with E-state index < -0.39 is 24.5 Å². The summed E-state index contributed by atoms with van der Waals surface area (Å²) in [6, 6.07) is 12.8. The third-order valence-electron chi connectivity index (χ3n) is 3.89. The zero-order valence-electron chi connectivity index (χ0n) is 16.2. The van der Waals surface area contributed by atoms with Gasteiger partial charge >= 0.3 is 12.0 Å². The summed E-state index contributed by atoms with van der Waals surface area (Å²) in [5, 5.41) is 4.51. The molecule has 29 heavy (non-hydrogen) atoms. The Labute approximate surface area is 168 Å². The first-order valence-corrected chi connectivity index (χ1v) is 8.88. The van der Waals surface area contributed by atoms with Crippen molar-refractivity contribution in [3.8, 4) is 5.75 Å². The van der Waals surface area contributed by atoms with Gasteiger partial charge < -0.3 is 14.8 Å². The van der Waals surface area contributed by atoms with Gasteiger partial charge in [0, 0.05) is 17.7 Å². The molecule has 8 nitrogen and oxygen atoms in total. The Balaban J connectivity index is 1.68. The van der Waals surface area contributed by atoms with E-state index in [4.69, 9.17) is 9.47 Å². The van der Waals surface area contributed by atoms with Gasteiger partial charge in [-0.25, -0.2) is 4.79 Å². The van der Waals surface area contributed by atoms with E-state index in [9.17, 15) is 19.2 Å². The molecule has 0 aliphatic heterocycles. The van der Waals surface area contributed by atoms with Crippen LogP contribution < -0.4 is 15.4 Å². The van der Waals surface area contributed by atoms with Crippen molar-refractivity contribution < 1.29 is 28.7 Å². The molecule has 8 heteroatoms. The molecular weight excluding hydrogens is 376 g/mol. The maximum atomic E-state index is 12.0. The van der Waals surface area contributed by atoms with E-state index in [1.54, 1.807) is 36.4 Å². The van der Waals surface area contributed by atoms with Crippen LogP contribution in [0.2, 0.25) is 0 Å². The van der Waals surface area contributed by atoms with Gasteiger partial charge in [0.05, 0.1) is 13.5 Å². The zero-order chi connectivity index (χ0) is 21.2. The number of nitrogens with one attached hydrogen (secondary N) is 2. The summed E-state index contributed by atoms with van der Waals surface area (Å²) < 4.78 is 9.80. The van der Waals surface area contributed by atoms with Crippen LogP contribution in [0.25, 0.3) is 0 Å². The van der Waals surface area contributed by atoms with Crippen molar-refractivity contribution in [3.05, 3.63) is 59.7 Å². The fraction of sp³-hybridized carbons (Fsp3) is 0.238. The molecule has 0 aliphatic rings. The van der Waals surface area contributed by atoms with Crippen LogP contribution in [0, 0.1) is 6.92 Å². The number of hydrogen-bond acceptors (Lipinski definition) is 6. The Kier molecular flexibility index (Phi) is 7.90. The number of urea groups is 1. The Bertz CT molecular complexity index is 875. The second-order valence-corrected chi connectivity index (χ2v) is 6.18. The number of carbonyl (C=O) groups excluding carboxylic acids is 4. The van der Waals surface area contributed by atoms with Gasteiger partial charge in [-0.15, -0.1) is 0 Å². The fourth-order valence-corrected chi connectivity index (χ4v) is 2.32. The highest BCUT2D eigenvalue weighted by molar-refractivity contribution is 6.02. The van der Waals surface area contributed by atoms with E-state index in [0.29, 0.717) is 17.0 Å². The van der Waals surface area contributed by atoms with Crippen LogP contribution in [0.4, 0.5) is 10.5 Å². The molecular formula is C21H22N2O6. The lowest BCUT2D eigenvalue weighted by Gasteiger charge is -2.08. The molecule has 0 atom stereocenters. The Morgan fingerprint density at radius 3 is 2.17 bits per heavy atom. The molecule has 0 fully saturated rings. The number of imide groups is 1. The molecule has 2 N–H and O–H groups in total. The normalized spacial score (nSPS) is 10.0. The fourth-order valence-electron chi connectivity index (χ4n) is 2.32. The van der Waals surface area contributed by atoms with E-state index in [1.165, 1.54) is 7.11 Å². The van der Waals surface area contributed by atoms with Crippen LogP contribution in [-0.2, 0) is 14.3 Å². The van der Waals surface area contributed by atoms with E-state index in [2.05, 4.69) is 5.32 Å². The SMILES string of the molecule is COc1ccc(NC(=O)NC(=O)COC(=O)CCC(=O)c2ccc(C)cc2)cc1. The number of aryl methyl sites for hydroxylation is 1. The highest BCUT2D eigenvalue weighted by atomic mass is 16.5. The van der Waals surface area contributed by atoms with Gasteiger partial charge in [0.1, 0.15) is 5.75 Å². The van der Waals surface area contributed by atoms with Crippen LogP contribution in [-0.4, -0.2) is 37.4 Å². The van der Waals surface area contributed by atoms with Crippen LogP contribution in [0.15, 0.2) is 48.5 Å². The lowest BCUT2D eigenvalue weighted by molar-refractivity contribution is -0.148. The number of carbonyl (C=O) groups is 4.